The molecule has 0 saturated carbocycles. The quantitative estimate of drug-likeness (QED) is 0.411. The third kappa shape index (κ3) is 4.21. The smallest absolute Gasteiger partial charge is 0.194 e. The summed E-state index contributed by atoms with van der Waals surface area (Å²) in [6.45, 7) is 0. The highest BCUT2D eigenvalue weighted by Gasteiger charge is 1.94. The van der Waals surface area contributed by atoms with E-state index in [9.17, 15) is 21.2 Å². The van der Waals surface area contributed by atoms with Gasteiger partial charge in [-0.05, 0) is 0 Å². The molecule has 0 unspecified atom stereocenters. The Morgan fingerprint density at radius 1 is 1.30 bits per heavy atom. The Labute approximate surface area is 59.4 Å². The fourth-order valence-electron chi connectivity index (χ4n) is 0.202. The van der Waals surface area contributed by atoms with Crippen molar-refractivity contribution in [1.29, 1.82) is 0 Å². The molecule has 0 bridgehead atoms. The van der Waals surface area contributed by atoms with Crippen molar-refractivity contribution in [3.8, 4) is 0 Å². The molecule has 0 amide bonds. The van der Waals surface area contributed by atoms with Crippen LogP contribution in [0.25, 0.3) is 0 Å². The molecule has 10 heavy (non-hydrogen) atoms. The van der Waals surface area contributed by atoms with Gasteiger partial charge < -0.3 is 0 Å². The largest absolute Gasteiger partial charge is 0.246 e. The van der Waals surface area contributed by atoms with Crippen molar-refractivity contribution in [3.63, 3.8) is 0 Å². The maximum Gasteiger partial charge on any atom is 0.246 e. The Bertz CT molecular complexity index is 343. The first-order valence-corrected chi connectivity index (χ1v) is 4.27. The number of halogens is 1. The second-order valence-corrected chi connectivity index (χ2v) is 2.99. The topological polar surface area (TPSA) is 68.3 Å². The minimum Gasteiger partial charge on any atom is -0.194 e. The van der Waals surface area contributed by atoms with E-state index in [-0.39, 0.29) is 0 Å². The van der Waals surface area contributed by atoms with Crippen molar-refractivity contribution >= 4 is 31.1 Å². The minimum absolute atomic E-state index is 0.519. The van der Waals surface area contributed by atoms with Gasteiger partial charge in [-0.3, -0.25) is 0 Å². The average Bonchev–Trinajstić information content (AvgIpc) is 1.82. The predicted molar refractivity (Wildman–Crippen MR) is 34.6 cm³/mol. The lowest BCUT2D eigenvalue weighted by Gasteiger charge is -1.73. The molecule has 0 N–H and O–H groups in total. The van der Waals surface area contributed by atoms with Crippen molar-refractivity contribution in [2.75, 3.05) is 0 Å². The molecule has 0 heterocycles. The SMILES string of the molecule is O=S(=O)=CCC(F)=S(=O)=O. The monoisotopic (exact) mass is 186 g/mol. The standard InChI is InChI=1S/C3H3FO4S2/c4-3(10(7)8)1-2-9(5)6/h2H,1H2. The number of rotatable bonds is 2. The molecule has 0 aromatic rings. The van der Waals surface area contributed by atoms with Crippen LogP contribution < -0.4 is 0 Å². The highest BCUT2D eigenvalue weighted by Crippen LogP contribution is 1.79. The van der Waals surface area contributed by atoms with Crippen molar-refractivity contribution in [3.05, 3.63) is 0 Å². The molecule has 0 aliphatic heterocycles. The zero-order valence-corrected chi connectivity index (χ0v) is 6.24. The first kappa shape index (κ1) is 9.31. The van der Waals surface area contributed by atoms with Crippen LogP contribution in [-0.2, 0) is 20.6 Å². The van der Waals surface area contributed by atoms with Crippen LogP contribution in [0.4, 0.5) is 4.39 Å². The van der Waals surface area contributed by atoms with Gasteiger partial charge in [0.1, 0.15) is 0 Å². The summed E-state index contributed by atoms with van der Waals surface area (Å²) < 4.78 is 50.6. The van der Waals surface area contributed by atoms with Crippen molar-refractivity contribution < 1.29 is 21.2 Å². The summed E-state index contributed by atoms with van der Waals surface area (Å²) in [6.07, 6.45) is -0.702. The molecule has 0 fully saturated rings. The van der Waals surface area contributed by atoms with Gasteiger partial charge in [-0.25, -0.2) is 0 Å². The first-order valence-electron chi connectivity index (χ1n) is 2.06. The van der Waals surface area contributed by atoms with Gasteiger partial charge in [-0.2, -0.15) is 21.2 Å². The highest BCUT2D eigenvalue weighted by atomic mass is 32.2. The Balaban J connectivity index is 4.53. The van der Waals surface area contributed by atoms with Gasteiger partial charge in [-0.1, -0.05) is 0 Å². The molecule has 0 aromatic carbocycles. The zero-order chi connectivity index (χ0) is 8.15. The zero-order valence-electron chi connectivity index (χ0n) is 4.61. The summed E-state index contributed by atoms with van der Waals surface area (Å²) in [5.41, 5.74) is 0. The van der Waals surface area contributed by atoms with E-state index in [0.717, 1.165) is 0 Å². The maximum absolute atomic E-state index is 11.9. The fraction of sp³-hybridized carbons (Fsp3) is 0.333. The molecule has 0 atom stereocenters. The van der Waals surface area contributed by atoms with E-state index in [1.807, 2.05) is 0 Å². The van der Waals surface area contributed by atoms with E-state index in [4.69, 9.17) is 0 Å². The first-order chi connectivity index (χ1) is 4.54. The molecule has 0 saturated heterocycles. The van der Waals surface area contributed by atoms with Crippen LogP contribution >= 0.6 is 0 Å². The summed E-state index contributed by atoms with van der Waals surface area (Å²) in [5, 5.41) is -0.866. The van der Waals surface area contributed by atoms with Gasteiger partial charge in [0.2, 0.25) is 25.7 Å². The molecular weight excluding hydrogens is 183 g/mol. The molecule has 0 radical (unpaired) electrons. The van der Waals surface area contributed by atoms with E-state index >= 15 is 0 Å². The number of hydrogen-bond acceptors (Lipinski definition) is 4. The average molecular weight is 186 g/mol. The van der Waals surface area contributed by atoms with Crippen LogP contribution in [0, 0.1) is 0 Å². The van der Waals surface area contributed by atoms with Crippen LogP contribution in [0.2, 0.25) is 0 Å². The summed E-state index contributed by atoms with van der Waals surface area (Å²) in [6, 6.07) is 0. The number of hydrogen-bond donors (Lipinski definition) is 0. The van der Waals surface area contributed by atoms with Crippen LogP contribution in [0.15, 0.2) is 0 Å². The summed E-state index contributed by atoms with van der Waals surface area (Å²) >= 11 is 0. The minimum atomic E-state index is -2.93. The summed E-state index contributed by atoms with van der Waals surface area (Å²) in [7, 11) is -5.44. The summed E-state index contributed by atoms with van der Waals surface area (Å²) in [4.78, 5) is 0. The highest BCUT2D eigenvalue weighted by molar-refractivity contribution is 7.73. The lowest BCUT2D eigenvalue weighted by atomic mass is 10.6. The maximum atomic E-state index is 11.9. The van der Waals surface area contributed by atoms with Gasteiger partial charge >= 0.3 is 0 Å². The van der Waals surface area contributed by atoms with Crippen LogP contribution in [0.1, 0.15) is 6.42 Å². The molecular formula is C3H3FO4S2. The van der Waals surface area contributed by atoms with Crippen LogP contribution in [0.3, 0.4) is 0 Å². The van der Waals surface area contributed by atoms with Gasteiger partial charge in [0.25, 0.3) is 0 Å². The Morgan fingerprint density at radius 3 is 2.10 bits per heavy atom. The molecule has 0 spiro atoms. The molecule has 0 aliphatic rings. The van der Waals surface area contributed by atoms with Crippen molar-refractivity contribution in [2.45, 2.75) is 6.42 Å². The molecule has 7 heteroatoms. The van der Waals surface area contributed by atoms with E-state index < -0.39 is 32.1 Å². The lowest BCUT2D eigenvalue weighted by molar-refractivity contribution is 0.623. The predicted octanol–water partition coefficient (Wildman–Crippen LogP) is -0.964. The Kier molecular flexibility index (Phi) is 3.89. The normalized spacial score (nSPS) is 8.50. The van der Waals surface area contributed by atoms with E-state index in [1.165, 1.54) is 0 Å². The van der Waals surface area contributed by atoms with Crippen LogP contribution in [0.5, 0.6) is 0 Å². The van der Waals surface area contributed by atoms with Gasteiger partial charge in [0.15, 0.2) is 0 Å². The molecule has 0 rings (SSSR count). The Morgan fingerprint density at radius 2 is 1.80 bits per heavy atom. The van der Waals surface area contributed by atoms with Gasteiger partial charge in [-0.15, -0.1) is 0 Å². The van der Waals surface area contributed by atoms with Gasteiger partial charge in [0, 0.05) is 11.8 Å². The van der Waals surface area contributed by atoms with E-state index in [1.54, 1.807) is 0 Å². The van der Waals surface area contributed by atoms with Crippen molar-refractivity contribution in [1.82, 2.24) is 0 Å². The van der Waals surface area contributed by atoms with Gasteiger partial charge in [0.05, 0.1) is 0 Å². The molecule has 0 aromatic heterocycles. The van der Waals surface area contributed by atoms with E-state index in [0.29, 0.717) is 5.37 Å². The molecule has 58 valence electrons. The molecule has 0 aliphatic carbocycles. The second kappa shape index (κ2) is 4.18. The second-order valence-electron chi connectivity index (χ2n) is 1.22. The fourth-order valence-corrected chi connectivity index (χ4v) is 0.809. The third-order valence-corrected chi connectivity index (χ3v) is 1.53. The van der Waals surface area contributed by atoms with E-state index in [2.05, 4.69) is 0 Å². The van der Waals surface area contributed by atoms with Crippen molar-refractivity contribution in [2.24, 2.45) is 0 Å². The Hall–Kier alpha value is -0.690. The third-order valence-electron chi connectivity index (χ3n) is 0.561. The molecule has 4 nitrogen and oxygen atoms in total. The summed E-state index contributed by atoms with van der Waals surface area (Å²) in [5.74, 6) is 0. The van der Waals surface area contributed by atoms with Crippen LogP contribution in [-0.4, -0.2) is 27.3 Å². The lowest BCUT2D eigenvalue weighted by Crippen LogP contribution is -1.91.